The van der Waals surface area contributed by atoms with E-state index in [-0.39, 0.29) is 17.8 Å². The van der Waals surface area contributed by atoms with E-state index in [1.807, 2.05) is 0 Å². The Bertz CT molecular complexity index is 142. The van der Waals surface area contributed by atoms with Crippen molar-refractivity contribution in [3.8, 4) is 0 Å². The molecule has 0 radical (unpaired) electrons. The van der Waals surface area contributed by atoms with Gasteiger partial charge in [0.2, 0.25) is 0 Å². The molecule has 0 amide bonds. The van der Waals surface area contributed by atoms with Crippen LogP contribution >= 0.6 is 0 Å². The Hall–Kier alpha value is -0.860. The van der Waals surface area contributed by atoms with Crippen LogP contribution in [0.5, 0.6) is 0 Å². The molecule has 0 N–H and O–H groups in total. The molecule has 0 saturated carbocycles. The zero-order valence-electron chi connectivity index (χ0n) is 7.16. The van der Waals surface area contributed by atoms with Crippen LogP contribution in [0.25, 0.3) is 0 Å². The minimum atomic E-state index is -0.251. The van der Waals surface area contributed by atoms with Gasteiger partial charge < -0.3 is 9.53 Å². The molecule has 0 aliphatic carbocycles. The van der Waals surface area contributed by atoms with Crippen LogP contribution in [0.1, 0.15) is 20.3 Å². The number of ether oxygens (including phenoxy) is 1. The quantitative estimate of drug-likeness (QED) is 0.453. The van der Waals surface area contributed by atoms with Gasteiger partial charge in [0.15, 0.2) is 0 Å². The van der Waals surface area contributed by atoms with Crippen LogP contribution in [-0.2, 0) is 14.3 Å². The molecule has 0 aromatic carbocycles. The lowest BCUT2D eigenvalue weighted by atomic mass is 9.99. The average Bonchev–Trinajstić information content (AvgIpc) is 2.02. The zero-order chi connectivity index (χ0) is 8.85. The number of methoxy groups -OCH3 is 1. The Morgan fingerprint density at radius 1 is 1.55 bits per heavy atom. The van der Waals surface area contributed by atoms with Crippen molar-refractivity contribution in [3.63, 3.8) is 0 Å². The first-order valence-electron chi connectivity index (χ1n) is 3.65. The molecule has 11 heavy (non-hydrogen) atoms. The van der Waals surface area contributed by atoms with E-state index < -0.39 is 0 Å². The molecule has 0 heterocycles. The minimum absolute atomic E-state index is 0.0656. The Morgan fingerprint density at radius 2 is 2.09 bits per heavy atom. The van der Waals surface area contributed by atoms with E-state index in [9.17, 15) is 9.59 Å². The predicted octanol–water partition coefficient (Wildman–Crippen LogP) is 1.02. The van der Waals surface area contributed by atoms with Crippen molar-refractivity contribution < 1.29 is 14.3 Å². The third kappa shape index (κ3) is 3.75. The van der Waals surface area contributed by atoms with E-state index in [1.165, 1.54) is 7.11 Å². The van der Waals surface area contributed by atoms with Crippen LogP contribution in [-0.4, -0.2) is 19.4 Å². The Kier molecular flexibility index (Phi) is 4.50. The molecule has 0 aliphatic heterocycles. The van der Waals surface area contributed by atoms with Crippen molar-refractivity contribution >= 4 is 12.3 Å². The first-order valence-corrected chi connectivity index (χ1v) is 3.65. The molecule has 3 heteroatoms. The highest BCUT2D eigenvalue weighted by Crippen LogP contribution is 2.10. The molecule has 2 atom stereocenters. The van der Waals surface area contributed by atoms with Gasteiger partial charge in [-0.1, -0.05) is 13.8 Å². The second-order valence-electron chi connectivity index (χ2n) is 2.77. The molecular formula is C8H14O3. The van der Waals surface area contributed by atoms with Crippen LogP contribution in [0.3, 0.4) is 0 Å². The predicted molar refractivity (Wildman–Crippen MR) is 41.0 cm³/mol. The van der Waals surface area contributed by atoms with Gasteiger partial charge in [0.25, 0.3) is 0 Å². The highest BCUT2D eigenvalue weighted by molar-refractivity contribution is 5.72. The summed E-state index contributed by atoms with van der Waals surface area (Å²) < 4.78 is 4.50. The van der Waals surface area contributed by atoms with Crippen molar-refractivity contribution in [2.45, 2.75) is 20.3 Å². The smallest absolute Gasteiger partial charge is 0.308 e. The largest absolute Gasteiger partial charge is 0.469 e. The van der Waals surface area contributed by atoms with E-state index in [4.69, 9.17) is 0 Å². The molecule has 0 aromatic heterocycles. The topological polar surface area (TPSA) is 43.4 Å². The van der Waals surface area contributed by atoms with Gasteiger partial charge in [-0.2, -0.15) is 0 Å². The molecule has 0 rings (SSSR count). The first kappa shape index (κ1) is 10.1. The summed E-state index contributed by atoms with van der Waals surface area (Å²) in [5, 5.41) is 0. The molecule has 0 fully saturated rings. The fourth-order valence-electron chi connectivity index (χ4n) is 0.911. The molecule has 0 aliphatic rings. The van der Waals surface area contributed by atoms with E-state index >= 15 is 0 Å². The summed E-state index contributed by atoms with van der Waals surface area (Å²) >= 11 is 0. The summed E-state index contributed by atoms with van der Waals surface area (Å²) in [6.45, 7) is 3.54. The van der Waals surface area contributed by atoms with Crippen LogP contribution in [0.4, 0.5) is 0 Å². The third-order valence-electron chi connectivity index (χ3n) is 1.56. The van der Waals surface area contributed by atoms with Gasteiger partial charge >= 0.3 is 5.97 Å². The van der Waals surface area contributed by atoms with Crippen LogP contribution in [0, 0.1) is 11.8 Å². The average molecular weight is 158 g/mol. The highest BCUT2D eigenvalue weighted by Gasteiger charge is 2.15. The summed E-state index contributed by atoms with van der Waals surface area (Å²) in [5.74, 6) is -0.497. The number of hydrogen-bond acceptors (Lipinski definition) is 3. The molecule has 0 unspecified atom stereocenters. The molecule has 0 spiro atoms. The van der Waals surface area contributed by atoms with Crippen molar-refractivity contribution in [2.75, 3.05) is 7.11 Å². The number of rotatable bonds is 4. The van der Waals surface area contributed by atoms with Crippen molar-refractivity contribution in [1.29, 1.82) is 0 Å². The first-order chi connectivity index (χ1) is 5.11. The van der Waals surface area contributed by atoms with Gasteiger partial charge in [-0.25, -0.2) is 0 Å². The third-order valence-corrected chi connectivity index (χ3v) is 1.56. The van der Waals surface area contributed by atoms with E-state index in [0.29, 0.717) is 6.42 Å². The van der Waals surface area contributed by atoms with E-state index in [1.54, 1.807) is 13.8 Å². The van der Waals surface area contributed by atoms with Gasteiger partial charge in [0.1, 0.15) is 6.29 Å². The fourth-order valence-corrected chi connectivity index (χ4v) is 0.911. The van der Waals surface area contributed by atoms with Gasteiger partial charge in [0.05, 0.1) is 13.0 Å². The Morgan fingerprint density at radius 3 is 2.45 bits per heavy atom. The maximum atomic E-state index is 10.8. The lowest BCUT2D eigenvalue weighted by molar-refractivity contribution is -0.145. The summed E-state index contributed by atoms with van der Waals surface area (Å²) in [6, 6.07) is 0. The SMILES string of the molecule is COC(=O)[C@H](C)C[C@@H](C)C=O. The molecule has 0 saturated heterocycles. The fraction of sp³-hybridized carbons (Fsp3) is 0.750. The second-order valence-corrected chi connectivity index (χ2v) is 2.77. The van der Waals surface area contributed by atoms with Gasteiger partial charge in [-0.3, -0.25) is 4.79 Å². The molecule has 0 aromatic rings. The van der Waals surface area contributed by atoms with Crippen molar-refractivity contribution in [1.82, 2.24) is 0 Å². The summed E-state index contributed by atoms with van der Waals surface area (Å²) in [4.78, 5) is 21.0. The van der Waals surface area contributed by atoms with Crippen molar-refractivity contribution in [2.24, 2.45) is 11.8 Å². The van der Waals surface area contributed by atoms with Crippen molar-refractivity contribution in [3.05, 3.63) is 0 Å². The number of carbonyl (C=O) groups is 2. The lowest BCUT2D eigenvalue weighted by Gasteiger charge is -2.09. The van der Waals surface area contributed by atoms with Crippen LogP contribution < -0.4 is 0 Å². The number of carbonyl (C=O) groups excluding carboxylic acids is 2. The number of hydrogen-bond donors (Lipinski definition) is 0. The standard InChI is InChI=1S/C8H14O3/c1-6(5-9)4-7(2)8(10)11-3/h5-7H,4H2,1-3H3/t6-,7-/m1/s1. The molecule has 64 valence electrons. The summed E-state index contributed by atoms with van der Waals surface area (Å²) in [5.41, 5.74) is 0. The van der Waals surface area contributed by atoms with Crippen LogP contribution in [0.2, 0.25) is 0 Å². The second kappa shape index (κ2) is 4.88. The summed E-state index contributed by atoms with van der Waals surface area (Å²) in [7, 11) is 1.35. The van der Waals surface area contributed by atoms with Gasteiger partial charge in [0, 0.05) is 5.92 Å². The Balaban J connectivity index is 3.76. The van der Waals surface area contributed by atoms with Gasteiger partial charge in [-0.05, 0) is 6.42 Å². The summed E-state index contributed by atoms with van der Waals surface area (Å²) in [6.07, 6.45) is 1.41. The minimum Gasteiger partial charge on any atom is -0.469 e. The molecular weight excluding hydrogens is 144 g/mol. The van der Waals surface area contributed by atoms with E-state index in [2.05, 4.69) is 4.74 Å². The maximum absolute atomic E-state index is 10.8. The zero-order valence-corrected chi connectivity index (χ0v) is 7.16. The highest BCUT2D eigenvalue weighted by atomic mass is 16.5. The monoisotopic (exact) mass is 158 g/mol. The normalized spacial score (nSPS) is 15.2. The maximum Gasteiger partial charge on any atom is 0.308 e. The number of aldehydes is 1. The molecule has 0 bridgehead atoms. The van der Waals surface area contributed by atoms with E-state index in [0.717, 1.165) is 6.29 Å². The molecule has 3 nitrogen and oxygen atoms in total. The van der Waals surface area contributed by atoms with Gasteiger partial charge in [-0.15, -0.1) is 0 Å². The number of esters is 1. The Labute approximate surface area is 66.7 Å². The lowest BCUT2D eigenvalue weighted by Crippen LogP contribution is -2.16. The van der Waals surface area contributed by atoms with Crippen LogP contribution in [0.15, 0.2) is 0 Å².